The summed E-state index contributed by atoms with van der Waals surface area (Å²) >= 11 is 1.42. The van der Waals surface area contributed by atoms with E-state index in [1.165, 1.54) is 11.8 Å². The van der Waals surface area contributed by atoms with Crippen LogP contribution < -0.4 is 0 Å². The molecule has 0 unspecified atom stereocenters. The van der Waals surface area contributed by atoms with Crippen molar-refractivity contribution >= 4 is 11.8 Å². The van der Waals surface area contributed by atoms with Crippen molar-refractivity contribution in [1.82, 2.24) is 0 Å². The highest BCUT2D eigenvalue weighted by Crippen LogP contribution is 2.10. The van der Waals surface area contributed by atoms with Gasteiger partial charge in [-0.15, -0.1) is 0 Å². The van der Waals surface area contributed by atoms with Crippen molar-refractivity contribution in [2.75, 3.05) is 18.1 Å². The third-order valence-corrected chi connectivity index (χ3v) is 2.80. The first kappa shape index (κ1) is 14.2. The summed E-state index contributed by atoms with van der Waals surface area (Å²) in [6.45, 7) is 1.26. The van der Waals surface area contributed by atoms with Crippen LogP contribution >= 0.6 is 11.8 Å². The van der Waals surface area contributed by atoms with Gasteiger partial charge in [0, 0.05) is 5.75 Å². The Bertz CT molecular complexity index is 146. The summed E-state index contributed by atoms with van der Waals surface area (Å²) in [5.41, 5.74) is 0. The first-order valence-electron chi connectivity index (χ1n) is 4.45. The van der Waals surface area contributed by atoms with Crippen molar-refractivity contribution in [2.45, 2.75) is 31.3 Å². The van der Waals surface area contributed by atoms with Gasteiger partial charge in [0.1, 0.15) is 18.3 Å². The van der Waals surface area contributed by atoms with Crippen LogP contribution in [0.4, 0.5) is 0 Å². The molecular formula is C8H18O5S. The largest absolute Gasteiger partial charge is 0.394 e. The van der Waals surface area contributed by atoms with Crippen molar-refractivity contribution in [3.05, 3.63) is 0 Å². The zero-order valence-electron chi connectivity index (χ0n) is 8.08. The van der Waals surface area contributed by atoms with E-state index < -0.39 is 31.0 Å². The van der Waals surface area contributed by atoms with Crippen LogP contribution in [0.3, 0.4) is 0 Å². The normalized spacial score (nSPS) is 20.1. The van der Waals surface area contributed by atoms with Gasteiger partial charge in [-0.2, -0.15) is 11.8 Å². The minimum atomic E-state index is -1.52. The van der Waals surface area contributed by atoms with Crippen molar-refractivity contribution in [3.63, 3.8) is 0 Å². The van der Waals surface area contributed by atoms with E-state index in [0.717, 1.165) is 5.75 Å². The highest BCUT2D eigenvalue weighted by Gasteiger charge is 2.29. The molecule has 0 aliphatic rings. The first-order chi connectivity index (χ1) is 6.54. The van der Waals surface area contributed by atoms with Gasteiger partial charge in [-0.05, 0) is 5.75 Å². The zero-order chi connectivity index (χ0) is 11.1. The van der Waals surface area contributed by atoms with Crippen LogP contribution in [0.15, 0.2) is 0 Å². The Kier molecular flexibility index (Phi) is 7.52. The lowest BCUT2D eigenvalue weighted by molar-refractivity contribution is -0.109. The van der Waals surface area contributed by atoms with Crippen LogP contribution in [0, 0.1) is 0 Å². The van der Waals surface area contributed by atoms with E-state index in [0.29, 0.717) is 0 Å². The zero-order valence-corrected chi connectivity index (χ0v) is 8.89. The third kappa shape index (κ3) is 4.59. The minimum Gasteiger partial charge on any atom is -0.394 e. The van der Waals surface area contributed by atoms with E-state index in [1.807, 2.05) is 6.92 Å². The molecule has 0 amide bonds. The van der Waals surface area contributed by atoms with Gasteiger partial charge in [0.25, 0.3) is 0 Å². The lowest BCUT2D eigenvalue weighted by Crippen LogP contribution is -2.46. The number of hydrogen-bond acceptors (Lipinski definition) is 6. The van der Waals surface area contributed by atoms with Gasteiger partial charge in [-0.25, -0.2) is 0 Å². The van der Waals surface area contributed by atoms with E-state index >= 15 is 0 Å². The smallest absolute Gasteiger partial charge is 0.111 e. The van der Waals surface area contributed by atoms with Crippen LogP contribution in [0.25, 0.3) is 0 Å². The van der Waals surface area contributed by atoms with Crippen molar-refractivity contribution in [3.8, 4) is 0 Å². The van der Waals surface area contributed by atoms with Gasteiger partial charge < -0.3 is 25.5 Å². The average Bonchev–Trinajstić information content (AvgIpc) is 2.22. The molecule has 0 radical (unpaired) electrons. The number of aliphatic hydroxyl groups is 5. The standard InChI is InChI=1S/C8H18O5S/c1-2-14-4-6(11)8(13)7(12)5(10)3-9/h5-13H,2-4H2,1H3/t5-,6+,7-,8+/m1/s1. The van der Waals surface area contributed by atoms with E-state index in [1.54, 1.807) is 0 Å². The predicted molar refractivity (Wildman–Crippen MR) is 54.1 cm³/mol. The van der Waals surface area contributed by atoms with E-state index in [4.69, 9.17) is 10.2 Å². The topological polar surface area (TPSA) is 101 Å². The summed E-state index contributed by atoms with van der Waals surface area (Å²) in [6.07, 6.45) is -5.48. The molecule has 0 aliphatic carbocycles. The van der Waals surface area contributed by atoms with Crippen molar-refractivity contribution in [1.29, 1.82) is 0 Å². The summed E-state index contributed by atoms with van der Waals surface area (Å²) in [7, 11) is 0. The fraction of sp³-hybridized carbons (Fsp3) is 1.00. The van der Waals surface area contributed by atoms with Crippen molar-refractivity contribution in [2.24, 2.45) is 0 Å². The Morgan fingerprint density at radius 2 is 1.50 bits per heavy atom. The number of rotatable bonds is 7. The Morgan fingerprint density at radius 3 is 1.93 bits per heavy atom. The Hall–Kier alpha value is 0.150. The molecule has 0 aliphatic heterocycles. The summed E-state index contributed by atoms with van der Waals surface area (Å²) in [6, 6.07) is 0. The molecule has 0 aromatic rings. The molecule has 0 aromatic carbocycles. The number of aliphatic hydroxyl groups excluding tert-OH is 5. The average molecular weight is 226 g/mol. The Labute approximate surface area is 87.4 Å². The molecule has 0 saturated heterocycles. The highest BCUT2D eigenvalue weighted by atomic mass is 32.2. The van der Waals surface area contributed by atoms with Crippen LogP contribution in [0.1, 0.15) is 6.92 Å². The molecule has 5 nitrogen and oxygen atoms in total. The van der Waals surface area contributed by atoms with Gasteiger partial charge in [0.2, 0.25) is 0 Å². The third-order valence-electron chi connectivity index (χ3n) is 1.82. The molecule has 0 bridgehead atoms. The number of hydrogen-bond donors (Lipinski definition) is 5. The first-order valence-corrected chi connectivity index (χ1v) is 5.60. The van der Waals surface area contributed by atoms with E-state index in [9.17, 15) is 15.3 Å². The number of thioether (sulfide) groups is 1. The predicted octanol–water partition coefficient (Wildman–Crippen LogP) is -1.82. The Morgan fingerprint density at radius 1 is 1.00 bits per heavy atom. The van der Waals surface area contributed by atoms with E-state index in [2.05, 4.69) is 0 Å². The molecule has 14 heavy (non-hydrogen) atoms. The molecule has 0 heterocycles. The SMILES string of the molecule is CCSC[C@H](O)[C@H](O)[C@H](O)[C@H](O)CO. The van der Waals surface area contributed by atoms with Crippen LogP contribution in [0.5, 0.6) is 0 Å². The van der Waals surface area contributed by atoms with E-state index in [-0.39, 0.29) is 5.75 Å². The quantitative estimate of drug-likeness (QED) is 0.350. The van der Waals surface area contributed by atoms with Crippen LogP contribution in [0.2, 0.25) is 0 Å². The van der Waals surface area contributed by atoms with Crippen LogP contribution in [-0.2, 0) is 0 Å². The second-order valence-corrected chi connectivity index (χ2v) is 4.28. The molecule has 0 rings (SSSR count). The minimum absolute atomic E-state index is 0.285. The van der Waals surface area contributed by atoms with Crippen molar-refractivity contribution < 1.29 is 25.5 Å². The molecule has 86 valence electrons. The molecule has 0 fully saturated rings. The van der Waals surface area contributed by atoms with Gasteiger partial charge in [0.15, 0.2) is 0 Å². The summed E-state index contributed by atoms with van der Waals surface area (Å²) in [5.74, 6) is 1.08. The highest BCUT2D eigenvalue weighted by molar-refractivity contribution is 7.99. The maximum absolute atomic E-state index is 9.34. The van der Waals surface area contributed by atoms with Gasteiger partial charge in [-0.3, -0.25) is 0 Å². The van der Waals surface area contributed by atoms with Gasteiger partial charge >= 0.3 is 0 Å². The molecule has 6 heteroatoms. The second kappa shape index (κ2) is 7.44. The fourth-order valence-corrected chi connectivity index (χ4v) is 1.57. The summed E-state index contributed by atoms with van der Waals surface area (Å²) < 4.78 is 0. The van der Waals surface area contributed by atoms with Gasteiger partial charge in [0.05, 0.1) is 12.7 Å². The lowest BCUT2D eigenvalue weighted by atomic mass is 10.0. The molecule has 0 spiro atoms. The summed E-state index contributed by atoms with van der Waals surface area (Å²) in [5, 5.41) is 45.4. The molecule has 0 saturated carbocycles. The molecule has 5 N–H and O–H groups in total. The molecular weight excluding hydrogens is 208 g/mol. The summed E-state index contributed by atoms with van der Waals surface area (Å²) in [4.78, 5) is 0. The molecule has 0 aromatic heterocycles. The van der Waals surface area contributed by atoms with Crippen LogP contribution in [-0.4, -0.2) is 68.1 Å². The fourth-order valence-electron chi connectivity index (χ4n) is 0.900. The Balaban J connectivity index is 3.95. The van der Waals surface area contributed by atoms with Gasteiger partial charge in [-0.1, -0.05) is 6.92 Å². The monoisotopic (exact) mass is 226 g/mol. The molecule has 4 atom stereocenters. The maximum atomic E-state index is 9.34. The second-order valence-electron chi connectivity index (χ2n) is 2.96. The lowest BCUT2D eigenvalue weighted by Gasteiger charge is -2.25. The maximum Gasteiger partial charge on any atom is 0.111 e.